The molecule has 1 unspecified atom stereocenters. The van der Waals surface area contributed by atoms with Gasteiger partial charge in [0.05, 0.1) is 10.6 Å². The summed E-state index contributed by atoms with van der Waals surface area (Å²) in [4.78, 5) is 5.67. The average molecular weight is 301 g/mol. The van der Waals surface area contributed by atoms with Crippen molar-refractivity contribution in [2.75, 3.05) is 19.8 Å². The quantitative estimate of drug-likeness (QED) is 0.810. The molecular weight excluding hydrogens is 286 g/mol. The Labute approximate surface area is 116 Å². The molecule has 2 rings (SSSR count). The van der Waals surface area contributed by atoms with Crippen molar-refractivity contribution in [1.29, 1.82) is 0 Å². The highest BCUT2D eigenvalue weighted by atomic mass is 32.2. The minimum absolute atomic E-state index is 0.0151. The van der Waals surface area contributed by atoms with Gasteiger partial charge in [-0.15, -0.1) is 0 Å². The standard InChI is InChI=1S/C11H15N3O3S2/c1-13-10-14(2)11(15,7-18-10)8-4-3-5-9(6-8)19(12,16)17/h3-6,15H,7H2,1-2H3,(H2,12,16,17). The second-order valence-corrected chi connectivity index (χ2v) is 6.75. The van der Waals surface area contributed by atoms with Gasteiger partial charge in [-0.05, 0) is 12.1 Å². The minimum Gasteiger partial charge on any atom is -0.366 e. The van der Waals surface area contributed by atoms with Crippen LogP contribution in [0.15, 0.2) is 34.2 Å². The third-order valence-corrected chi connectivity index (χ3v) is 5.23. The van der Waals surface area contributed by atoms with Crippen LogP contribution in [-0.4, -0.2) is 43.4 Å². The van der Waals surface area contributed by atoms with Crippen LogP contribution in [0.2, 0.25) is 0 Å². The monoisotopic (exact) mass is 301 g/mol. The number of hydrogen-bond acceptors (Lipinski definition) is 5. The summed E-state index contributed by atoms with van der Waals surface area (Å²) in [6, 6.07) is 6.03. The number of nitrogens with two attached hydrogens (primary N) is 1. The number of primary sulfonamides is 1. The van der Waals surface area contributed by atoms with Crippen molar-refractivity contribution >= 4 is 27.0 Å². The zero-order valence-corrected chi connectivity index (χ0v) is 12.2. The Morgan fingerprint density at radius 3 is 2.74 bits per heavy atom. The lowest BCUT2D eigenvalue weighted by atomic mass is 10.0. The predicted octanol–water partition coefficient (Wildman–Crippen LogP) is 0.144. The third kappa shape index (κ3) is 2.48. The molecule has 1 atom stereocenters. The zero-order valence-electron chi connectivity index (χ0n) is 10.6. The van der Waals surface area contributed by atoms with Crippen LogP contribution >= 0.6 is 11.8 Å². The summed E-state index contributed by atoms with van der Waals surface area (Å²) in [6.07, 6.45) is 0. The first-order valence-corrected chi connectivity index (χ1v) is 8.01. The molecule has 1 aromatic carbocycles. The summed E-state index contributed by atoms with van der Waals surface area (Å²) in [5.74, 6) is 0.379. The van der Waals surface area contributed by atoms with E-state index in [0.717, 1.165) is 0 Å². The molecule has 1 saturated heterocycles. The van der Waals surface area contributed by atoms with Crippen LogP contribution in [0.1, 0.15) is 5.56 Å². The van der Waals surface area contributed by atoms with E-state index < -0.39 is 15.7 Å². The Hall–Kier alpha value is -1.09. The Morgan fingerprint density at radius 1 is 1.53 bits per heavy atom. The second-order valence-electron chi connectivity index (χ2n) is 4.24. The van der Waals surface area contributed by atoms with Crippen LogP contribution in [0.25, 0.3) is 0 Å². The molecule has 1 aromatic rings. The highest BCUT2D eigenvalue weighted by molar-refractivity contribution is 8.14. The number of rotatable bonds is 2. The molecule has 1 aliphatic rings. The first-order valence-electron chi connectivity index (χ1n) is 5.48. The van der Waals surface area contributed by atoms with Crippen LogP contribution in [-0.2, 0) is 15.7 Å². The number of benzene rings is 1. The maximum absolute atomic E-state index is 11.4. The van der Waals surface area contributed by atoms with Crippen LogP contribution in [0, 0.1) is 0 Å². The van der Waals surface area contributed by atoms with E-state index in [4.69, 9.17) is 5.14 Å². The molecule has 0 bridgehead atoms. The number of aliphatic imine (C=N–C) groups is 1. The van der Waals surface area contributed by atoms with Gasteiger partial charge >= 0.3 is 0 Å². The molecule has 0 aromatic heterocycles. The Bertz CT molecular complexity index is 630. The van der Waals surface area contributed by atoms with Gasteiger partial charge in [-0.3, -0.25) is 4.99 Å². The summed E-state index contributed by atoms with van der Waals surface area (Å²) in [5, 5.41) is 16.5. The van der Waals surface area contributed by atoms with E-state index in [2.05, 4.69) is 4.99 Å². The fourth-order valence-electron chi connectivity index (χ4n) is 1.93. The fourth-order valence-corrected chi connectivity index (χ4v) is 3.65. The summed E-state index contributed by atoms with van der Waals surface area (Å²) < 4.78 is 22.7. The number of amidine groups is 1. The third-order valence-electron chi connectivity index (χ3n) is 3.06. The van der Waals surface area contributed by atoms with Crippen LogP contribution in [0.5, 0.6) is 0 Å². The lowest BCUT2D eigenvalue weighted by Gasteiger charge is -2.31. The molecule has 0 saturated carbocycles. The Balaban J connectivity index is 2.48. The highest BCUT2D eigenvalue weighted by Gasteiger charge is 2.42. The summed E-state index contributed by atoms with van der Waals surface area (Å²) >= 11 is 1.41. The lowest BCUT2D eigenvalue weighted by molar-refractivity contribution is -0.0349. The molecule has 104 valence electrons. The van der Waals surface area contributed by atoms with Crippen molar-refractivity contribution in [3.63, 3.8) is 0 Å². The molecular formula is C11H15N3O3S2. The van der Waals surface area contributed by atoms with Gasteiger partial charge < -0.3 is 10.0 Å². The van der Waals surface area contributed by atoms with Gasteiger partial charge in [0.15, 0.2) is 10.9 Å². The maximum Gasteiger partial charge on any atom is 0.238 e. The van der Waals surface area contributed by atoms with Crippen LogP contribution < -0.4 is 5.14 Å². The molecule has 6 nitrogen and oxygen atoms in total. The minimum atomic E-state index is -3.78. The van der Waals surface area contributed by atoms with E-state index in [1.165, 1.54) is 23.9 Å². The topological polar surface area (TPSA) is 96.0 Å². The number of thioether (sulfide) groups is 1. The molecule has 1 aliphatic heterocycles. The number of hydrogen-bond donors (Lipinski definition) is 2. The fraction of sp³-hybridized carbons (Fsp3) is 0.364. The molecule has 0 spiro atoms. The van der Waals surface area contributed by atoms with Gasteiger partial charge in [-0.25, -0.2) is 13.6 Å². The lowest BCUT2D eigenvalue weighted by Crippen LogP contribution is -2.42. The molecule has 3 N–H and O–H groups in total. The molecule has 1 fully saturated rings. The van der Waals surface area contributed by atoms with E-state index in [0.29, 0.717) is 16.5 Å². The van der Waals surface area contributed by atoms with E-state index in [9.17, 15) is 13.5 Å². The average Bonchev–Trinajstić information content (AvgIpc) is 2.66. The van der Waals surface area contributed by atoms with E-state index in [1.54, 1.807) is 31.1 Å². The van der Waals surface area contributed by atoms with Crippen LogP contribution in [0.4, 0.5) is 0 Å². The molecule has 8 heteroatoms. The summed E-state index contributed by atoms with van der Waals surface area (Å²) in [7, 11) is -0.426. The van der Waals surface area contributed by atoms with Crippen LogP contribution in [0.3, 0.4) is 0 Å². The van der Waals surface area contributed by atoms with E-state index in [-0.39, 0.29) is 4.90 Å². The molecule has 0 aliphatic carbocycles. The van der Waals surface area contributed by atoms with Crippen molar-refractivity contribution in [2.45, 2.75) is 10.6 Å². The van der Waals surface area contributed by atoms with E-state index in [1.807, 2.05) is 0 Å². The van der Waals surface area contributed by atoms with Gasteiger partial charge in [-0.1, -0.05) is 23.9 Å². The molecule has 1 heterocycles. The Morgan fingerprint density at radius 2 is 2.21 bits per heavy atom. The molecule has 0 amide bonds. The van der Waals surface area contributed by atoms with Crippen molar-refractivity contribution < 1.29 is 13.5 Å². The van der Waals surface area contributed by atoms with Gasteiger partial charge in [0.2, 0.25) is 10.0 Å². The smallest absolute Gasteiger partial charge is 0.238 e. The SMILES string of the molecule is CN=C1SCC(O)(c2cccc(S(N)(=O)=O)c2)N1C. The molecule has 19 heavy (non-hydrogen) atoms. The highest BCUT2D eigenvalue weighted by Crippen LogP contribution is 2.38. The van der Waals surface area contributed by atoms with Crippen molar-refractivity contribution in [3.8, 4) is 0 Å². The number of aliphatic hydroxyl groups is 1. The zero-order chi connectivity index (χ0) is 14.3. The normalized spacial score (nSPS) is 26.1. The van der Waals surface area contributed by atoms with Gasteiger partial charge in [-0.2, -0.15) is 0 Å². The van der Waals surface area contributed by atoms with Crippen molar-refractivity contribution in [3.05, 3.63) is 29.8 Å². The molecule has 0 radical (unpaired) electrons. The van der Waals surface area contributed by atoms with Gasteiger partial charge in [0.25, 0.3) is 0 Å². The number of sulfonamides is 1. The largest absolute Gasteiger partial charge is 0.366 e. The summed E-state index contributed by atoms with van der Waals surface area (Å²) in [6.45, 7) is 0. The first kappa shape index (κ1) is 14.3. The maximum atomic E-state index is 11.4. The predicted molar refractivity (Wildman–Crippen MR) is 75.3 cm³/mol. The second kappa shape index (κ2) is 4.78. The first-order chi connectivity index (χ1) is 8.79. The van der Waals surface area contributed by atoms with Gasteiger partial charge in [0.1, 0.15) is 0 Å². The van der Waals surface area contributed by atoms with E-state index >= 15 is 0 Å². The van der Waals surface area contributed by atoms with Crippen molar-refractivity contribution in [1.82, 2.24) is 4.90 Å². The van der Waals surface area contributed by atoms with Gasteiger partial charge in [0, 0.05) is 19.7 Å². The number of nitrogens with zero attached hydrogens (tertiary/aromatic N) is 2. The Kier molecular flexibility index (Phi) is 3.61. The van der Waals surface area contributed by atoms with Crippen molar-refractivity contribution in [2.24, 2.45) is 10.1 Å². The summed E-state index contributed by atoms with van der Waals surface area (Å²) in [5.41, 5.74) is -0.798.